The van der Waals surface area contributed by atoms with Crippen molar-refractivity contribution in [1.29, 1.82) is 0 Å². The first-order chi connectivity index (χ1) is 10.6. The Labute approximate surface area is 136 Å². The van der Waals surface area contributed by atoms with Crippen LogP contribution >= 0.6 is 11.3 Å². The molecule has 0 radical (unpaired) electrons. The average Bonchev–Trinajstić information content (AvgIpc) is 2.87. The summed E-state index contributed by atoms with van der Waals surface area (Å²) in [7, 11) is 0. The summed E-state index contributed by atoms with van der Waals surface area (Å²) in [4.78, 5) is 18.7. The Kier molecular flexibility index (Phi) is 6.49. The van der Waals surface area contributed by atoms with Crippen LogP contribution in [0.5, 0.6) is 5.88 Å². The summed E-state index contributed by atoms with van der Waals surface area (Å²) in [5.41, 5.74) is 0. The first-order valence-corrected chi connectivity index (χ1v) is 9.16. The fourth-order valence-electron chi connectivity index (χ4n) is 2.98. The van der Waals surface area contributed by atoms with E-state index in [1.807, 2.05) is 13.8 Å². The maximum absolute atomic E-state index is 12.1. The normalized spacial score (nSPS) is 15.7. The van der Waals surface area contributed by atoms with Crippen LogP contribution in [-0.4, -0.2) is 40.5 Å². The number of nitrogens with one attached hydrogen (secondary N) is 1. The molecule has 1 aromatic heterocycles. The molecular weight excluding hydrogens is 298 g/mol. The molecule has 1 heterocycles. The van der Waals surface area contributed by atoms with Crippen LogP contribution < -0.4 is 5.32 Å². The Morgan fingerprint density at radius 1 is 1.32 bits per heavy atom. The van der Waals surface area contributed by atoms with Crippen LogP contribution in [0.25, 0.3) is 0 Å². The summed E-state index contributed by atoms with van der Waals surface area (Å²) >= 11 is 1.40. The van der Waals surface area contributed by atoms with Crippen LogP contribution in [-0.2, 0) is 11.2 Å². The number of rotatable bonds is 7. The minimum atomic E-state index is -0.00310. The molecule has 1 amide bonds. The Bertz CT molecular complexity index is 480. The Hall–Kier alpha value is -1.30. The van der Waals surface area contributed by atoms with Gasteiger partial charge in [-0.05, 0) is 32.6 Å². The van der Waals surface area contributed by atoms with E-state index in [1.165, 1.54) is 43.4 Å². The van der Waals surface area contributed by atoms with Gasteiger partial charge < -0.3 is 15.3 Å². The molecule has 124 valence electrons. The quantitative estimate of drug-likeness (QED) is 0.807. The average molecular weight is 325 g/mol. The molecule has 0 aromatic carbocycles. The van der Waals surface area contributed by atoms with Gasteiger partial charge in [0.1, 0.15) is 0 Å². The number of aromatic hydroxyl groups is 1. The van der Waals surface area contributed by atoms with Gasteiger partial charge in [0.25, 0.3) is 0 Å². The largest absolute Gasteiger partial charge is 0.492 e. The summed E-state index contributed by atoms with van der Waals surface area (Å²) in [6.07, 6.45) is 6.77. The van der Waals surface area contributed by atoms with Crippen molar-refractivity contribution in [1.82, 2.24) is 9.88 Å². The number of anilines is 1. The monoisotopic (exact) mass is 325 g/mol. The highest BCUT2D eigenvalue weighted by Gasteiger charge is 2.18. The zero-order chi connectivity index (χ0) is 15.9. The van der Waals surface area contributed by atoms with Crippen molar-refractivity contribution in [2.24, 2.45) is 5.92 Å². The molecule has 1 aliphatic rings. The molecule has 0 saturated heterocycles. The maximum atomic E-state index is 12.1. The molecule has 6 heteroatoms. The fourth-order valence-corrected chi connectivity index (χ4v) is 3.84. The van der Waals surface area contributed by atoms with E-state index < -0.39 is 0 Å². The number of thiazole rings is 1. The number of aromatic nitrogens is 1. The van der Waals surface area contributed by atoms with Crippen molar-refractivity contribution in [2.75, 3.05) is 25.0 Å². The molecule has 1 fully saturated rings. The van der Waals surface area contributed by atoms with Gasteiger partial charge in [-0.25, -0.2) is 0 Å². The lowest BCUT2D eigenvalue weighted by atomic mass is 9.89. The third kappa shape index (κ3) is 4.60. The number of nitrogens with zero attached hydrogens (tertiary/aromatic N) is 2. The van der Waals surface area contributed by atoms with E-state index in [-0.39, 0.29) is 18.2 Å². The lowest BCUT2D eigenvalue weighted by molar-refractivity contribution is -0.130. The van der Waals surface area contributed by atoms with E-state index in [0.29, 0.717) is 23.9 Å². The molecule has 1 saturated carbocycles. The number of likely N-dealkylation sites (N-methyl/N-ethyl adjacent to an activating group) is 1. The molecule has 0 spiro atoms. The van der Waals surface area contributed by atoms with Crippen molar-refractivity contribution >= 4 is 22.4 Å². The number of hydrogen-bond donors (Lipinski definition) is 2. The third-order valence-corrected chi connectivity index (χ3v) is 5.37. The maximum Gasteiger partial charge on any atom is 0.228 e. The van der Waals surface area contributed by atoms with Crippen LogP contribution in [0.15, 0.2) is 0 Å². The van der Waals surface area contributed by atoms with Gasteiger partial charge in [-0.2, -0.15) is 4.98 Å². The minimum Gasteiger partial charge on any atom is -0.492 e. The molecule has 0 bridgehead atoms. The summed E-state index contributed by atoms with van der Waals surface area (Å²) in [6.45, 7) is 6.23. The SMILES string of the molecule is CCN(CC)C(=O)Cc1sc(NCC2CCCCC2)nc1O. The van der Waals surface area contributed by atoms with Crippen molar-refractivity contribution in [3.63, 3.8) is 0 Å². The first kappa shape index (κ1) is 17.1. The van der Waals surface area contributed by atoms with E-state index in [4.69, 9.17) is 0 Å². The van der Waals surface area contributed by atoms with Gasteiger partial charge in [0.2, 0.25) is 11.8 Å². The minimum absolute atomic E-state index is 0.00310. The van der Waals surface area contributed by atoms with Crippen LogP contribution in [0.4, 0.5) is 5.13 Å². The zero-order valence-corrected chi connectivity index (χ0v) is 14.4. The van der Waals surface area contributed by atoms with Crippen LogP contribution in [0, 0.1) is 5.92 Å². The topological polar surface area (TPSA) is 65.5 Å². The Morgan fingerprint density at radius 2 is 2.00 bits per heavy atom. The van der Waals surface area contributed by atoms with Gasteiger partial charge in [-0.15, -0.1) is 0 Å². The van der Waals surface area contributed by atoms with Crippen molar-refractivity contribution in [3.05, 3.63) is 4.88 Å². The Balaban J connectivity index is 1.88. The number of carbonyl (C=O) groups is 1. The third-order valence-electron chi connectivity index (χ3n) is 4.37. The predicted octanol–water partition coefficient (Wildman–Crippen LogP) is 3.25. The summed E-state index contributed by atoms with van der Waals surface area (Å²) in [5, 5.41) is 14.0. The molecular formula is C16H27N3O2S. The zero-order valence-electron chi connectivity index (χ0n) is 13.6. The fraction of sp³-hybridized carbons (Fsp3) is 0.750. The second-order valence-electron chi connectivity index (χ2n) is 5.89. The van der Waals surface area contributed by atoms with Crippen LogP contribution in [0.1, 0.15) is 50.8 Å². The van der Waals surface area contributed by atoms with Crippen LogP contribution in [0.3, 0.4) is 0 Å². The second kappa shape index (κ2) is 8.36. The number of carbonyl (C=O) groups excluding carboxylic acids is 1. The molecule has 0 unspecified atom stereocenters. The van der Waals surface area contributed by atoms with Gasteiger partial charge in [0.05, 0.1) is 11.3 Å². The Morgan fingerprint density at radius 3 is 2.64 bits per heavy atom. The van der Waals surface area contributed by atoms with E-state index in [1.54, 1.807) is 4.90 Å². The van der Waals surface area contributed by atoms with Gasteiger partial charge in [-0.1, -0.05) is 30.6 Å². The number of hydrogen-bond acceptors (Lipinski definition) is 5. The summed E-state index contributed by atoms with van der Waals surface area (Å²) in [6, 6.07) is 0. The molecule has 1 aliphatic carbocycles. The van der Waals surface area contributed by atoms with Crippen LogP contribution in [0.2, 0.25) is 0 Å². The van der Waals surface area contributed by atoms with Gasteiger partial charge in [-0.3, -0.25) is 4.79 Å². The lowest BCUT2D eigenvalue weighted by Gasteiger charge is -2.21. The predicted molar refractivity (Wildman–Crippen MR) is 90.5 cm³/mol. The van der Waals surface area contributed by atoms with Crippen molar-refractivity contribution in [3.8, 4) is 5.88 Å². The standard InChI is InChI=1S/C16H27N3O2S/c1-3-19(4-2)14(20)10-13-15(21)18-16(22-13)17-11-12-8-6-5-7-9-12/h12,21H,3-11H2,1-2H3,(H,17,18). The van der Waals surface area contributed by atoms with Crippen molar-refractivity contribution in [2.45, 2.75) is 52.4 Å². The first-order valence-electron chi connectivity index (χ1n) is 8.34. The molecule has 1 aromatic rings. The highest BCUT2D eigenvalue weighted by atomic mass is 32.1. The van der Waals surface area contributed by atoms with Gasteiger partial charge in [0.15, 0.2) is 5.13 Å². The second-order valence-corrected chi connectivity index (χ2v) is 6.98. The smallest absolute Gasteiger partial charge is 0.228 e. The lowest BCUT2D eigenvalue weighted by Crippen LogP contribution is -2.31. The molecule has 5 nitrogen and oxygen atoms in total. The highest BCUT2D eigenvalue weighted by Crippen LogP contribution is 2.30. The highest BCUT2D eigenvalue weighted by molar-refractivity contribution is 7.16. The number of amides is 1. The van der Waals surface area contributed by atoms with E-state index in [2.05, 4.69) is 10.3 Å². The molecule has 2 N–H and O–H groups in total. The van der Waals surface area contributed by atoms with Gasteiger partial charge >= 0.3 is 0 Å². The van der Waals surface area contributed by atoms with Gasteiger partial charge in [0, 0.05) is 19.6 Å². The summed E-state index contributed by atoms with van der Waals surface area (Å²) in [5.74, 6) is 0.750. The van der Waals surface area contributed by atoms with E-state index in [9.17, 15) is 9.90 Å². The van der Waals surface area contributed by atoms with E-state index in [0.717, 1.165) is 11.7 Å². The molecule has 0 atom stereocenters. The molecule has 22 heavy (non-hydrogen) atoms. The molecule has 0 aliphatic heterocycles. The van der Waals surface area contributed by atoms with Crippen molar-refractivity contribution < 1.29 is 9.90 Å². The summed E-state index contributed by atoms with van der Waals surface area (Å²) < 4.78 is 0. The van der Waals surface area contributed by atoms with E-state index >= 15 is 0 Å². The molecule has 2 rings (SSSR count).